The van der Waals surface area contributed by atoms with E-state index < -0.39 is 5.54 Å². The third-order valence-corrected chi connectivity index (χ3v) is 3.47. The molecule has 0 bridgehead atoms. The van der Waals surface area contributed by atoms with Gasteiger partial charge < -0.3 is 15.4 Å². The normalized spacial score (nSPS) is 23.2. The van der Waals surface area contributed by atoms with Gasteiger partial charge >= 0.3 is 0 Å². The molecule has 0 spiro atoms. The van der Waals surface area contributed by atoms with Gasteiger partial charge in [-0.05, 0) is 43.4 Å². The molecule has 1 aromatic carbocycles. The van der Waals surface area contributed by atoms with Crippen LogP contribution < -0.4 is 15.4 Å². The third-order valence-electron chi connectivity index (χ3n) is 2.46. The molecule has 2 N–H and O–H groups in total. The van der Waals surface area contributed by atoms with E-state index in [1.165, 1.54) is 0 Å². The third kappa shape index (κ3) is 2.86. The number of halogens is 1. The van der Waals surface area contributed by atoms with Crippen LogP contribution in [0.25, 0.3) is 0 Å². The van der Waals surface area contributed by atoms with Gasteiger partial charge in [-0.2, -0.15) is 0 Å². The van der Waals surface area contributed by atoms with E-state index in [0.717, 1.165) is 5.75 Å². The molecular weight excluding hydrogens is 276 g/mol. The summed E-state index contributed by atoms with van der Waals surface area (Å²) in [4.78, 5) is 0.650. The summed E-state index contributed by atoms with van der Waals surface area (Å²) in [7, 11) is 0. The van der Waals surface area contributed by atoms with Gasteiger partial charge in [0, 0.05) is 5.02 Å². The van der Waals surface area contributed by atoms with Crippen molar-refractivity contribution >= 4 is 46.1 Å². The second-order valence-electron chi connectivity index (χ2n) is 3.98. The molecule has 1 heterocycles. The van der Waals surface area contributed by atoms with Crippen LogP contribution in [0.15, 0.2) is 24.3 Å². The molecule has 1 unspecified atom stereocenters. The summed E-state index contributed by atoms with van der Waals surface area (Å²) in [5.41, 5.74) is -0.452. The largest absolute Gasteiger partial charge is 0.491 e. The lowest BCUT2D eigenvalue weighted by molar-refractivity contribution is 0.263. The van der Waals surface area contributed by atoms with Gasteiger partial charge in [-0.25, -0.2) is 0 Å². The van der Waals surface area contributed by atoms with Crippen LogP contribution in [0.5, 0.6) is 5.75 Å². The molecule has 0 aliphatic carbocycles. The monoisotopic (exact) mass is 286 g/mol. The fraction of sp³-hybridized carbons (Fsp3) is 0.273. The van der Waals surface area contributed by atoms with Crippen LogP contribution >= 0.6 is 36.0 Å². The van der Waals surface area contributed by atoms with Crippen molar-refractivity contribution in [1.82, 2.24) is 10.6 Å². The van der Waals surface area contributed by atoms with Gasteiger partial charge in [0.05, 0.1) is 0 Å². The lowest BCUT2D eigenvalue weighted by Crippen LogP contribution is -2.48. The van der Waals surface area contributed by atoms with Gasteiger partial charge in [-0.1, -0.05) is 23.8 Å². The first-order chi connectivity index (χ1) is 7.99. The highest BCUT2D eigenvalue weighted by Gasteiger charge is 2.37. The van der Waals surface area contributed by atoms with Crippen LogP contribution in [0.2, 0.25) is 5.02 Å². The lowest BCUT2D eigenvalue weighted by Gasteiger charge is -2.23. The van der Waals surface area contributed by atoms with Crippen molar-refractivity contribution in [3.63, 3.8) is 0 Å². The summed E-state index contributed by atoms with van der Waals surface area (Å²) in [6.45, 7) is 2.35. The van der Waals surface area contributed by atoms with E-state index in [0.29, 0.717) is 21.7 Å². The molecule has 2 rings (SSSR count). The molecule has 0 amide bonds. The van der Waals surface area contributed by atoms with Gasteiger partial charge in [0.2, 0.25) is 0 Å². The fourth-order valence-electron chi connectivity index (χ4n) is 1.44. The molecule has 0 aromatic heterocycles. The van der Waals surface area contributed by atoms with Crippen molar-refractivity contribution in [3.05, 3.63) is 29.3 Å². The molecule has 6 heteroatoms. The Kier molecular flexibility index (Phi) is 3.51. The van der Waals surface area contributed by atoms with Gasteiger partial charge in [-0.15, -0.1) is 0 Å². The number of thiocarbonyl (C=S) groups is 2. The average Bonchev–Trinajstić information content (AvgIpc) is 2.52. The predicted molar refractivity (Wildman–Crippen MR) is 76.8 cm³/mol. The lowest BCUT2D eigenvalue weighted by atomic mass is 10.1. The number of benzene rings is 1. The Morgan fingerprint density at radius 1 is 1.29 bits per heavy atom. The molecule has 1 aromatic rings. The van der Waals surface area contributed by atoms with Crippen LogP contribution in [-0.2, 0) is 0 Å². The minimum absolute atomic E-state index is 0.403. The smallest absolute Gasteiger partial charge is 0.172 e. The van der Waals surface area contributed by atoms with Crippen molar-refractivity contribution in [3.8, 4) is 5.75 Å². The van der Waals surface area contributed by atoms with Gasteiger partial charge in [0.1, 0.15) is 22.9 Å². The molecule has 1 saturated heterocycles. The van der Waals surface area contributed by atoms with Gasteiger partial charge in [0.15, 0.2) is 5.11 Å². The summed E-state index contributed by atoms with van der Waals surface area (Å²) >= 11 is 16.0. The van der Waals surface area contributed by atoms with Gasteiger partial charge in [0.25, 0.3) is 0 Å². The number of ether oxygens (including phenoxy) is 1. The number of hydrogen-bond donors (Lipinski definition) is 2. The molecule has 1 aliphatic rings. The molecule has 0 saturated carbocycles. The molecule has 1 aliphatic heterocycles. The van der Waals surface area contributed by atoms with E-state index in [9.17, 15) is 0 Å². The van der Waals surface area contributed by atoms with Crippen molar-refractivity contribution in [2.75, 3.05) is 6.61 Å². The van der Waals surface area contributed by atoms with Crippen molar-refractivity contribution < 1.29 is 4.74 Å². The maximum Gasteiger partial charge on any atom is 0.172 e. The summed E-state index contributed by atoms with van der Waals surface area (Å²) in [6, 6.07) is 7.19. The summed E-state index contributed by atoms with van der Waals surface area (Å²) in [6.07, 6.45) is 0. The Balaban J connectivity index is 2.00. The molecule has 1 fully saturated rings. The van der Waals surface area contributed by atoms with Crippen LogP contribution in [0.1, 0.15) is 6.92 Å². The van der Waals surface area contributed by atoms with Gasteiger partial charge in [-0.3, -0.25) is 0 Å². The molecule has 17 heavy (non-hydrogen) atoms. The van der Waals surface area contributed by atoms with Crippen LogP contribution in [0.3, 0.4) is 0 Å². The van der Waals surface area contributed by atoms with Crippen LogP contribution in [0.4, 0.5) is 0 Å². The summed E-state index contributed by atoms with van der Waals surface area (Å²) < 4.78 is 5.66. The highest BCUT2D eigenvalue weighted by atomic mass is 35.5. The van der Waals surface area contributed by atoms with Crippen molar-refractivity contribution in [2.45, 2.75) is 12.5 Å². The topological polar surface area (TPSA) is 33.3 Å². The molecule has 0 radical (unpaired) electrons. The zero-order valence-electron chi connectivity index (χ0n) is 9.12. The minimum Gasteiger partial charge on any atom is -0.491 e. The zero-order chi connectivity index (χ0) is 12.5. The molecule has 3 nitrogen and oxygen atoms in total. The number of hydrogen-bond acceptors (Lipinski definition) is 3. The van der Waals surface area contributed by atoms with Crippen molar-refractivity contribution in [2.24, 2.45) is 0 Å². The maximum atomic E-state index is 5.79. The van der Waals surface area contributed by atoms with E-state index in [1.54, 1.807) is 12.1 Å². The maximum absolute atomic E-state index is 5.79. The Hall–Kier alpha value is -0.910. The zero-order valence-corrected chi connectivity index (χ0v) is 11.5. The quantitative estimate of drug-likeness (QED) is 0.833. The van der Waals surface area contributed by atoms with Crippen LogP contribution in [0, 0.1) is 0 Å². The number of rotatable bonds is 3. The molecule has 90 valence electrons. The van der Waals surface area contributed by atoms with Crippen molar-refractivity contribution in [1.29, 1.82) is 0 Å². The number of nitrogens with one attached hydrogen (secondary N) is 2. The molecule has 1 atom stereocenters. The van der Waals surface area contributed by atoms with Crippen LogP contribution in [-0.4, -0.2) is 22.2 Å². The van der Waals surface area contributed by atoms with E-state index >= 15 is 0 Å². The fourth-order valence-corrected chi connectivity index (χ4v) is 2.17. The highest BCUT2D eigenvalue weighted by molar-refractivity contribution is 7.82. The second kappa shape index (κ2) is 4.76. The Morgan fingerprint density at radius 2 is 1.94 bits per heavy atom. The standard InChI is InChI=1S/C11H11ClN2OS2/c1-11(9(16)13-10(17)14-11)6-15-8-4-2-7(12)3-5-8/h2-5H,6H2,1H3,(H2,13,14,16,17). The predicted octanol–water partition coefficient (Wildman–Crippen LogP) is 2.28. The SMILES string of the molecule is CC1(COc2ccc(Cl)cc2)NC(=S)NC1=S. The Bertz CT molecular complexity index is 463. The Labute approximate surface area is 115 Å². The first-order valence-electron chi connectivity index (χ1n) is 5.01. The average molecular weight is 287 g/mol. The van der Waals surface area contributed by atoms with E-state index in [-0.39, 0.29) is 0 Å². The first kappa shape index (κ1) is 12.5. The van der Waals surface area contributed by atoms with E-state index in [4.69, 9.17) is 40.8 Å². The summed E-state index contributed by atoms with van der Waals surface area (Å²) in [5, 5.41) is 7.21. The highest BCUT2D eigenvalue weighted by Crippen LogP contribution is 2.18. The first-order valence-corrected chi connectivity index (χ1v) is 6.21. The molecular formula is C11H11ClN2OS2. The Morgan fingerprint density at radius 3 is 2.47 bits per heavy atom. The summed E-state index contributed by atoms with van der Waals surface area (Å²) in [5.74, 6) is 0.748. The van der Waals surface area contributed by atoms with E-state index in [2.05, 4.69) is 10.6 Å². The minimum atomic E-state index is -0.452. The van der Waals surface area contributed by atoms with E-state index in [1.807, 2.05) is 19.1 Å². The second-order valence-corrected chi connectivity index (χ2v) is 5.24.